The van der Waals surface area contributed by atoms with Crippen molar-refractivity contribution in [1.29, 1.82) is 0 Å². The van der Waals surface area contributed by atoms with E-state index in [1.807, 2.05) is 6.92 Å². The van der Waals surface area contributed by atoms with Crippen molar-refractivity contribution in [3.8, 4) is 5.75 Å². The van der Waals surface area contributed by atoms with Gasteiger partial charge in [-0.1, -0.05) is 26.2 Å². The number of nitrogens with zero attached hydrogens (tertiary/aromatic N) is 4. The molecule has 3 amide bonds. The Labute approximate surface area is 235 Å². The average Bonchev–Trinajstić information content (AvgIpc) is 3.38. The molecule has 1 saturated carbocycles. The fourth-order valence-corrected chi connectivity index (χ4v) is 6.29. The highest BCUT2D eigenvalue weighted by Gasteiger charge is 2.36. The van der Waals surface area contributed by atoms with E-state index in [-0.39, 0.29) is 59.9 Å². The van der Waals surface area contributed by atoms with Gasteiger partial charge in [0, 0.05) is 44.5 Å². The van der Waals surface area contributed by atoms with E-state index in [0.717, 1.165) is 25.7 Å². The summed E-state index contributed by atoms with van der Waals surface area (Å²) >= 11 is 0. The van der Waals surface area contributed by atoms with Crippen LogP contribution in [0.4, 0.5) is 10.5 Å². The molecule has 1 fully saturated rings. The normalized spacial score (nSPS) is 21.2. The number of aliphatic hydroxyl groups excluding tert-OH is 1. The maximum Gasteiger partial charge on any atom is 0.319 e. The van der Waals surface area contributed by atoms with Crippen LogP contribution in [0.25, 0.3) is 0 Å². The molecular formula is C27H40N6O6S. The molecule has 2 heterocycles. The Balaban J connectivity index is 1.59. The molecule has 4 rings (SSSR count). The van der Waals surface area contributed by atoms with Crippen molar-refractivity contribution < 1.29 is 27.9 Å². The van der Waals surface area contributed by atoms with Crippen LogP contribution >= 0.6 is 0 Å². The summed E-state index contributed by atoms with van der Waals surface area (Å²) in [4.78, 5) is 31.9. The highest BCUT2D eigenvalue weighted by molar-refractivity contribution is 7.89. The molecule has 0 unspecified atom stereocenters. The maximum atomic E-state index is 13.7. The number of sulfonamides is 1. The van der Waals surface area contributed by atoms with Gasteiger partial charge >= 0.3 is 6.03 Å². The molecule has 3 atom stereocenters. The summed E-state index contributed by atoms with van der Waals surface area (Å²) in [7, 11) is -0.708. The van der Waals surface area contributed by atoms with Crippen LogP contribution in [0.5, 0.6) is 5.75 Å². The number of aliphatic hydroxyl groups is 1. The smallest absolute Gasteiger partial charge is 0.319 e. The van der Waals surface area contributed by atoms with Gasteiger partial charge in [-0.2, -0.15) is 4.31 Å². The maximum absolute atomic E-state index is 13.7. The second-order valence-electron chi connectivity index (χ2n) is 10.9. The number of urea groups is 1. The number of aromatic nitrogens is 2. The molecule has 13 heteroatoms. The van der Waals surface area contributed by atoms with Gasteiger partial charge in [0.25, 0.3) is 15.9 Å². The van der Waals surface area contributed by atoms with E-state index in [1.54, 1.807) is 41.6 Å². The van der Waals surface area contributed by atoms with E-state index in [0.29, 0.717) is 5.69 Å². The third-order valence-corrected chi connectivity index (χ3v) is 9.37. The van der Waals surface area contributed by atoms with Gasteiger partial charge in [0.05, 0.1) is 31.1 Å². The van der Waals surface area contributed by atoms with Crippen molar-refractivity contribution >= 4 is 27.6 Å². The monoisotopic (exact) mass is 576 g/mol. The Morgan fingerprint density at radius 2 is 2.00 bits per heavy atom. The minimum atomic E-state index is -3.87. The van der Waals surface area contributed by atoms with Crippen LogP contribution in [0.15, 0.2) is 35.7 Å². The molecule has 0 spiro atoms. The summed E-state index contributed by atoms with van der Waals surface area (Å²) in [6, 6.07) is 4.15. The number of fused-ring (bicyclic) bond motifs is 1. The van der Waals surface area contributed by atoms with Gasteiger partial charge in [0.1, 0.15) is 11.9 Å². The number of hydrogen-bond donors (Lipinski definition) is 3. The Hall–Kier alpha value is -3.16. The van der Waals surface area contributed by atoms with Crippen LogP contribution in [0.3, 0.4) is 0 Å². The first-order valence-corrected chi connectivity index (χ1v) is 15.2. The molecule has 0 radical (unpaired) electrons. The predicted octanol–water partition coefficient (Wildman–Crippen LogP) is 2.42. The van der Waals surface area contributed by atoms with Crippen molar-refractivity contribution in [1.82, 2.24) is 24.1 Å². The van der Waals surface area contributed by atoms with Crippen LogP contribution < -0.4 is 15.4 Å². The van der Waals surface area contributed by atoms with E-state index < -0.39 is 22.2 Å². The lowest BCUT2D eigenvalue weighted by atomic mass is 9.96. The molecule has 40 heavy (non-hydrogen) atoms. The first-order chi connectivity index (χ1) is 19.0. The summed E-state index contributed by atoms with van der Waals surface area (Å²) in [6.07, 6.45) is 7.50. The summed E-state index contributed by atoms with van der Waals surface area (Å²) in [5.41, 5.74) is 0.656. The predicted molar refractivity (Wildman–Crippen MR) is 150 cm³/mol. The topological polar surface area (TPSA) is 146 Å². The summed E-state index contributed by atoms with van der Waals surface area (Å²) in [6.45, 7) is 3.64. The van der Waals surface area contributed by atoms with Crippen LogP contribution in [0, 0.1) is 5.92 Å². The SMILES string of the molecule is C[C@H]1CN([C@@H](C)CO)C(=O)c2cc(NC(=O)NC3CCCCC3)ccc2O[C@H]1CN(C)S(=O)(=O)c1cn(C)cn1. The fourth-order valence-electron chi connectivity index (χ4n) is 5.15. The van der Waals surface area contributed by atoms with E-state index in [1.165, 1.54) is 30.3 Å². The van der Waals surface area contributed by atoms with Gasteiger partial charge in [-0.05, 0) is 38.0 Å². The standard InChI is InChI=1S/C27H40N6O6S/c1-18-13-33(19(2)16-34)26(35)22-12-21(30-27(36)29-20-8-6-5-7-9-20)10-11-23(22)39-24(18)14-32(4)40(37,38)25-15-31(3)17-28-25/h10-12,15,17-20,24,34H,5-9,13-14,16H2,1-4H3,(H2,29,30,36)/t18-,19-,24-/m0/s1. The van der Waals surface area contributed by atoms with E-state index in [4.69, 9.17) is 4.74 Å². The highest BCUT2D eigenvalue weighted by Crippen LogP contribution is 2.31. The third-order valence-electron chi connectivity index (χ3n) is 7.66. The fraction of sp³-hybridized carbons (Fsp3) is 0.593. The second-order valence-corrected chi connectivity index (χ2v) is 12.9. The first-order valence-electron chi connectivity index (χ1n) is 13.7. The molecule has 1 aromatic heterocycles. The third kappa shape index (κ3) is 6.76. The zero-order chi connectivity index (χ0) is 29.0. The number of carbonyl (C=O) groups is 2. The summed E-state index contributed by atoms with van der Waals surface area (Å²) < 4.78 is 35.3. The summed E-state index contributed by atoms with van der Waals surface area (Å²) in [5, 5.41) is 15.7. The number of amides is 3. The zero-order valence-electron chi connectivity index (χ0n) is 23.5. The lowest BCUT2D eigenvalue weighted by Gasteiger charge is -2.38. The van der Waals surface area contributed by atoms with Gasteiger partial charge in [-0.25, -0.2) is 18.2 Å². The molecule has 0 bridgehead atoms. The number of imidazole rings is 1. The number of anilines is 1. The van der Waals surface area contributed by atoms with Crippen LogP contribution in [-0.2, 0) is 17.1 Å². The van der Waals surface area contributed by atoms with E-state index >= 15 is 0 Å². The van der Waals surface area contributed by atoms with Crippen molar-refractivity contribution in [3.63, 3.8) is 0 Å². The van der Waals surface area contributed by atoms with Crippen LogP contribution in [0.1, 0.15) is 56.3 Å². The van der Waals surface area contributed by atoms with Crippen LogP contribution in [0.2, 0.25) is 0 Å². The minimum Gasteiger partial charge on any atom is -0.488 e. The van der Waals surface area contributed by atoms with Gasteiger partial charge in [0.2, 0.25) is 0 Å². The minimum absolute atomic E-state index is 0.0127. The largest absolute Gasteiger partial charge is 0.488 e. The molecule has 2 aromatic rings. The molecule has 3 N–H and O–H groups in total. The van der Waals surface area contributed by atoms with Crippen LogP contribution in [-0.4, -0.2) is 89.2 Å². The Morgan fingerprint density at radius 3 is 2.65 bits per heavy atom. The molecule has 1 aliphatic carbocycles. The number of ether oxygens (including phenoxy) is 1. The lowest BCUT2D eigenvalue weighted by Crippen LogP contribution is -2.50. The highest BCUT2D eigenvalue weighted by atomic mass is 32.2. The first kappa shape index (κ1) is 29.8. The molecule has 2 aliphatic rings. The molecule has 1 aromatic carbocycles. The van der Waals surface area contributed by atoms with E-state index in [9.17, 15) is 23.1 Å². The Bertz CT molecular complexity index is 1310. The number of nitrogens with one attached hydrogen (secondary N) is 2. The molecule has 0 saturated heterocycles. The van der Waals surface area contributed by atoms with E-state index in [2.05, 4.69) is 15.6 Å². The quantitative estimate of drug-likeness (QED) is 0.437. The molecular weight excluding hydrogens is 536 g/mol. The number of aryl methyl sites for hydroxylation is 1. The van der Waals surface area contributed by atoms with Crippen molar-refractivity contribution in [2.75, 3.05) is 32.1 Å². The van der Waals surface area contributed by atoms with Crippen molar-refractivity contribution in [3.05, 3.63) is 36.3 Å². The molecule has 12 nitrogen and oxygen atoms in total. The van der Waals surface area contributed by atoms with Crippen molar-refractivity contribution in [2.24, 2.45) is 13.0 Å². The zero-order valence-corrected chi connectivity index (χ0v) is 24.4. The number of rotatable bonds is 8. The Morgan fingerprint density at radius 1 is 1.27 bits per heavy atom. The number of likely N-dealkylation sites (N-methyl/N-ethyl adjacent to an activating group) is 1. The summed E-state index contributed by atoms with van der Waals surface area (Å²) in [5.74, 6) is -0.335. The van der Waals surface area contributed by atoms with Gasteiger partial charge in [-0.3, -0.25) is 4.79 Å². The number of carbonyl (C=O) groups excluding carboxylic acids is 2. The average molecular weight is 577 g/mol. The second kappa shape index (κ2) is 12.6. The lowest BCUT2D eigenvalue weighted by molar-refractivity contribution is 0.0387. The van der Waals surface area contributed by atoms with Crippen molar-refractivity contribution in [2.45, 2.75) is 69.2 Å². The number of hydrogen-bond acceptors (Lipinski definition) is 7. The van der Waals surface area contributed by atoms with Gasteiger partial charge in [0.15, 0.2) is 5.03 Å². The Kier molecular flexibility index (Phi) is 9.37. The van der Waals surface area contributed by atoms with Gasteiger partial charge < -0.3 is 29.9 Å². The molecule has 220 valence electrons. The van der Waals surface area contributed by atoms with Gasteiger partial charge in [-0.15, -0.1) is 0 Å². The number of benzene rings is 1. The molecule has 1 aliphatic heterocycles.